The predicted molar refractivity (Wildman–Crippen MR) is 52.5 cm³/mol. The van der Waals surface area contributed by atoms with Crippen LogP contribution in [-0.4, -0.2) is 43.9 Å². The summed E-state index contributed by atoms with van der Waals surface area (Å²) in [6.45, 7) is 1.11. The highest BCUT2D eigenvalue weighted by Crippen LogP contribution is 1.84. The molecule has 4 heteroatoms. The Morgan fingerprint density at radius 1 is 1.31 bits per heavy atom. The molecule has 0 saturated heterocycles. The number of quaternary nitrogens is 1. The summed E-state index contributed by atoms with van der Waals surface area (Å²) in [7, 11) is 6.16. The first-order valence-corrected chi connectivity index (χ1v) is 4.20. The van der Waals surface area contributed by atoms with Crippen LogP contribution in [0.15, 0.2) is 24.6 Å². The Morgan fingerprint density at radius 3 is 2.08 bits per heavy atom. The first-order chi connectivity index (χ1) is 6.06. The lowest BCUT2D eigenvalue weighted by atomic mass is 10.5. The van der Waals surface area contributed by atoms with Crippen molar-refractivity contribution in [3.05, 3.63) is 24.6 Å². The maximum atomic E-state index is 8.39. The first kappa shape index (κ1) is 12.0. The van der Waals surface area contributed by atoms with Crippen LogP contribution < -0.4 is 5.48 Å². The minimum Gasteiger partial charge on any atom is -0.391 e. The van der Waals surface area contributed by atoms with Gasteiger partial charge in [0, 0.05) is 6.20 Å². The van der Waals surface area contributed by atoms with Crippen molar-refractivity contribution in [1.29, 1.82) is 0 Å². The molecule has 0 saturated carbocycles. The van der Waals surface area contributed by atoms with Gasteiger partial charge in [0.1, 0.15) is 12.8 Å². The van der Waals surface area contributed by atoms with E-state index in [2.05, 4.69) is 31.5 Å². The number of likely N-dealkylation sites (N-methyl/N-ethyl adjacent to an activating group) is 1. The standard InChI is InChI=1S/C5H14NO.C4H5NO/c1-6(2,3)4-5-7;1-2-4-6-5-3-1/h7H,4-5H2,1-3H3;1-5H/q+1;. The van der Waals surface area contributed by atoms with E-state index >= 15 is 0 Å². The molecular weight excluding hydrogens is 168 g/mol. The van der Waals surface area contributed by atoms with Crippen LogP contribution in [0.2, 0.25) is 0 Å². The molecule has 0 spiro atoms. The number of rotatable bonds is 2. The van der Waals surface area contributed by atoms with Crippen molar-refractivity contribution < 1.29 is 14.4 Å². The van der Waals surface area contributed by atoms with Crippen LogP contribution in [-0.2, 0) is 4.84 Å². The van der Waals surface area contributed by atoms with E-state index in [4.69, 9.17) is 5.11 Å². The van der Waals surface area contributed by atoms with Crippen LogP contribution in [0.5, 0.6) is 0 Å². The molecule has 0 bridgehead atoms. The van der Waals surface area contributed by atoms with Crippen molar-refractivity contribution in [2.24, 2.45) is 0 Å². The quantitative estimate of drug-likeness (QED) is 0.608. The second-order valence-electron chi connectivity index (χ2n) is 3.66. The first-order valence-electron chi connectivity index (χ1n) is 4.20. The number of nitrogens with zero attached hydrogens (tertiary/aromatic N) is 1. The normalized spacial score (nSPS) is 13.8. The van der Waals surface area contributed by atoms with Gasteiger partial charge in [-0.2, -0.15) is 0 Å². The molecule has 0 amide bonds. The molecule has 0 fully saturated rings. The van der Waals surface area contributed by atoms with E-state index in [1.54, 1.807) is 18.5 Å². The minimum absolute atomic E-state index is 0.281. The summed E-state index contributed by atoms with van der Waals surface area (Å²) in [4.78, 5) is 4.55. The fourth-order valence-corrected chi connectivity index (χ4v) is 0.558. The Hall–Kier alpha value is -1.00. The van der Waals surface area contributed by atoms with Crippen LogP contribution in [0.4, 0.5) is 0 Å². The van der Waals surface area contributed by atoms with E-state index in [0.717, 1.165) is 11.0 Å². The van der Waals surface area contributed by atoms with E-state index in [9.17, 15) is 0 Å². The smallest absolute Gasteiger partial charge is 0.119 e. The molecule has 76 valence electrons. The van der Waals surface area contributed by atoms with Crippen LogP contribution in [0.3, 0.4) is 0 Å². The SMILES string of the molecule is C1=CNOC=C1.C[N+](C)(C)CCO. The third-order valence-electron chi connectivity index (χ3n) is 1.26. The molecule has 0 radical (unpaired) electrons. The fraction of sp³-hybridized carbons (Fsp3) is 0.556. The van der Waals surface area contributed by atoms with Crippen molar-refractivity contribution in [1.82, 2.24) is 5.48 Å². The summed E-state index contributed by atoms with van der Waals surface area (Å²) in [6, 6.07) is 0. The summed E-state index contributed by atoms with van der Waals surface area (Å²) in [6.07, 6.45) is 6.93. The highest BCUT2D eigenvalue weighted by atomic mass is 16.6. The van der Waals surface area contributed by atoms with Gasteiger partial charge in [0.2, 0.25) is 0 Å². The molecule has 0 aromatic rings. The van der Waals surface area contributed by atoms with Crippen molar-refractivity contribution >= 4 is 0 Å². The summed E-state index contributed by atoms with van der Waals surface area (Å²) < 4.78 is 0.844. The van der Waals surface area contributed by atoms with Gasteiger partial charge in [-0.1, -0.05) is 0 Å². The van der Waals surface area contributed by atoms with Crippen LogP contribution in [0.1, 0.15) is 0 Å². The van der Waals surface area contributed by atoms with Gasteiger partial charge in [0.25, 0.3) is 0 Å². The molecule has 2 N–H and O–H groups in total. The molecular formula is C9H19N2O2+. The zero-order valence-corrected chi connectivity index (χ0v) is 8.53. The summed E-state index contributed by atoms with van der Waals surface area (Å²) >= 11 is 0. The van der Waals surface area contributed by atoms with Gasteiger partial charge in [0.15, 0.2) is 0 Å². The van der Waals surface area contributed by atoms with Gasteiger partial charge in [-0.3, -0.25) is 0 Å². The minimum atomic E-state index is 0.281. The van der Waals surface area contributed by atoms with E-state index in [-0.39, 0.29) is 6.61 Å². The average Bonchev–Trinajstić information content (AvgIpc) is 2.06. The lowest BCUT2D eigenvalue weighted by Gasteiger charge is -2.21. The van der Waals surface area contributed by atoms with E-state index in [1.807, 2.05) is 6.08 Å². The highest BCUT2D eigenvalue weighted by molar-refractivity contribution is 5.00. The molecule has 1 heterocycles. The van der Waals surface area contributed by atoms with Gasteiger partial charge in [0.05, 0.1) is 27.7 Å². The van der Waals surface area contributed by atoms with Gasteiger partial charge in [-0.05, 0) is 12.2 Å². The Bertz CT molecular complexity index is 159. The number of hydrogen-bond donors (Lipinski definition) is 2. The average molecular weight is 187 g/mol. The van der Waals surface area contributed by atoms with E-state index < -0.39 is 0 Å². The van der Waals surface area contributed by atoms with Gasteiger partial charge >= 0.3 is 0 Å². The predicted octanol–water partition coefficient (Wildman–Crippen LogP) is 0.233. The van der Waals surface area contributed by atoms with Crippen molar-refractivity contribution in [3.63, 3.8) is 0 Å². The van der Waals surface area contributed by atoms with E-state index in [0.29, 0.717) is 0 Å². The molecule has 4 nitrogen and oxygen atoms in total. The van der Waals surface area contributed by atoms with Gasteiger partial charge in [-0.15, -0.1) is 0 Å². The molecule has 0 aromatic heterocycles. The van der Waals surface area contributed by atoms with E-state index in [1.165, 1.54) is 0 Å². The summed E-state index contributed by atoms with van der Waals surface area (Å²) in [5.74, 6) is 0. The molecule has 13 heavy (non-hydrogen) atoms. The molecule has 0 aliphatic carbocycles. The fourth-order valence-electron chi connectivity index (χ4n) is 0.558. The third kappa shape index (κ3) is 11.0. The second kappa shape index (κ2) is 6.51. The number of hydrogen-bond acceptors (Lipinski definition) is 3. The second-order valence-corrected chi connectivity index (χ2v) is 3.66. The molecule has 0 aromatic carbocycles. The summed E-state index contributed by atoms with van der Waals surface area (Å²) in [5.41, 5.74) is 2.52. The lowest BCUT2D eigenvalue weighted by molar-refractivity contribution is -0.870. The van der Waals surface area contributed by atoms with Crippen LogP contribution in [0.25, 0.3) is 0 Å². The van der Waals surface area contributed by atoms with Crippen LogP contribution >= 0.6 is 0 Å². The Kier molecular flexibility index (Phi) is 6.01. The maximum Gasteiger partial charge on any atom is 0.119 e. The van der Waals surface area contributed by atoms with Crippen molar-refractivity contribution in [3.8, 4) is 0 Å². The summed E-state index contributed by atoms with van der Waals surface area (Å²) in [5, 5.41) is 8.39. The Balaban J connectivity index is 0.000000223. The van der Waals surface area contributed by atoms with Crippen molar-refractivity contribution in [2.75, 3.05) is 34.3 Å². The monoisotopic (exact) mass is 187 g/mol. The molecule has 1 aliphatic heterocycles. The number of allylic oxidation sites excluding steroid dienone is 2. The largest absolute Gasteiger partial charge is 0.391 e. The number of aliphatic hydroxyl groups excluding tert-OH is 1. The maximum absolute atomic E-state index is 8.39. The third-order valence-corrected chi connectivity index (χ3v) is 1.26. The molecule has 0 atom stereocenters. The lowest BCUT2D eigenvalue weighted by Crippen LogP contribution is -2.36. The Labute approximate surface area is 79.7 Å². The number of hydroxylamine groups is 1. The topological polar surface area (TPSA) is 41.5 Å². The zero-order chi connectivity index (χ0) is 10.2. The zero-order valence-electron chi connectivity index (χ0n) is 8.53. The highest BCUT2D eigenvalue weighted by Gasteiger charge is 2.02. The molecule has 1 aliphatic rings. The van der Waals surface area contributed by atoms with Gasteiger partial charge in [-0.25, -0.2) is 5.48 Å². The van der Waals surface area contributed by atoms with Gasteiger partial charge < -0.3 is 14.4 Å². The van der Waals surface area contributed by atoms with Crippen molar-refractivity contribution in [2.45, 2.75) is 0 Å². The Morgan fingerprint density at radius 2 is 2.00 bits per heavy atom. The molecule has 1 rings (SSSR count). The van der Waals surface area contributed by atoms with Crippen LogP contribution in [0, 0.1) is 0 Å². The number of nitrogens with one attached hydrogen (secondary N) is 1. The number of aliphatic hydroxyl groups is 1. The molecule has 0 unspecified atom stereocenters.